The summed E-state index contributed by atoms with van der Waals surface area (Å²) in [5.74, 6) is 1.00. The van der Waals surface area contributed by atoms with Gasteiger partial charge in [-0.05, 0) is 45.7 Å². The molecule has 0 amide bonds. The lowest BCUT2D eigenvalue weighted by Crippen LogP contribution is -2.44. The van der Waals surface area contributed by atoms with Crippen LogP contribution < -0.4 is 5.32 Å². The maximum atomic E-state index is 3.45. The van der Waals surface area contributed by atoms with Gasteiger partial charge in [0.2, 0.25) is 0 Å². The van der Waals surface area contributed by atoms with Crippen molar-refractivity contribution < 1.29 is 0 Å². The first-order valence-corrected chi connectivity index (χ1v) is 5.12. The lowest BCUT2D eigenvalue weighted by molar-refractivity contribution is 0.121. The molecule has 1 N–H and O–H groups in total. The number of nitrogens with zero attached hydrogens (tertiary/aromatic N) is 1. The molecular formula is C10H20N2. The smallest absolute Gasteiger partial charge is 0.0180 e. The number of hydrogen-bond donors (Lipinski definition) is 1. The Labute approximate surface area is 75.3 Å². The third kappa shape index (κ3) is 1.64. The maximum Gasteiger partial charge on any atom is 0.0180 e. The Bertz CT molecular complexity index is 157. The van der Waals surface area contributed by atoms with Gasteiger partial charge in [0.15, 0.2) is 0 Å². The molecule has 1 aliphatic heterocycles. The molecule has 12 heavy (non-hydrogen) atoms. The topological polar surface area (TPSA) is 15.3 Å². The molecule has 1 saturated carbocycles. The minimum atomic E-state index is 0.578. The molecule has 0 bridgehead atoms. The zero-order valence-corrected chi connectivity index (χ0v) is 8.27. The summed E-state index contributed by atoms with van der Waals surface area (Å²) >= 11 is 0. The van der Waals surface area contributed by atoms with E-state index in [4.69, 9.17) is 0 Å². The molecule has 2 fully saturated rings. The molecule has 70 valence electrons. The molecule has 2 aliphatic rings. The molecule has 0 aromatic heterocycles. The van der Waals surface area contributed by atoms with Crippen molar-refractivity contribution in [1.29, 1.82) is 0 Å². The zero-order chi connectivity index (χ0) is 8.60. The maximum absolute atomic E-state index is 3.45. The fraction of sp³-hybridized carbons (Fsp3) is 1.00. The van der Waals surface area contributed by atoms with Crippen molar-refractivity contribution in [2.24, 2.45) is 5.92 Å². The summed E-state index contributed by atoms with van der Waals surface area (Å²) in [6.07, 6.45) is 5.66. The second kappa shape index (κ2) is 3.00. The molecule has 2 rings (SSSR count). The Morgan fingerprint density at radius 1 is 1.42 bits per heavy atom. The van der Waals surface area contributed by atoms with Gasteiger partial charge in [-0.15, -0.1) is 0 Å². The van der Waals surface area contributed by atoms with Crippen LogP contribution in [0, 0.1) is 5.92 Å². The van der Waals surface area contributed by atoms with Gasteiger partial charge in [0.25, 0.3) is 0 Å². The van der Waals surface area contributed by atoms with E-state index in [0.29, 0.717) is 5.54 Å². The van der Waals surface area contributed by atoms with E-state index in [-0.39, 0.29) is 0 Å². The van der Waals surface area contributed by atoms with Gasteiger partial charge >= 0.3 is 0 Å². The van der Waals surface area contributed by atoms with Gasteiger partial charge in [0, 0.05) is 18.6 Å². The molecule has 1 heterocycles. The lowest BCUT2D eigenvalue weighted by atomic mass is 9.92. The average Bonchev–Trinajstić information content (AvgIpc) is 2.77. The van der Waals surface area contributed by atoms with Gasteiger partial charge in [-0.2, -0.15) is 0 Å². The standard InChI is InChI=1S/C10H20N2/c1-11-10(5-6-10)4-3-9-7-12(2)8-9/h9,11H,3-8H2,1-2H3. The van der Waals surface area contributed by atoms with Crippen LogP contribution in [0.15, 0.2) is 0 Å². The Hall–Kier alpha value is -0.0800. The van der Waals surface area contributed by atoms with E-state index in [1.807, 2.05) is 0 Å². The van der Waals surface area contributed by atoms with Crippen molar-refractivity contribution in [2.75, 3.05) is 27.2 Å². The molecule has 2 nitrogen and oxygen atoms in total. The van der Waals surface area contributed by atoms with Crippen LogP contribution in [0.5, 0.6) is 0 Å². The van der Waals surface area contributed by atoms with Crippen molar-refractivity contribution >= 4 is 0 Å². The van der Waals surface area contributed by atoms with Gasteiger partial charge in [-0.25, -0.2) is 0 Å². The van der Waals surface area contributed by atoms with Crippen molar-refractivity contribution in [3.63, 3.8) is 0 Å². The van der Waals surface area contributed by atoms with Crippen molar-refractivity contribution in [1.82, 2.24) is 10.2 Å². The number of rotatable bonds is 4. The van der Waals surface area contributed by atoms with Crippen LogP contribution in [0.4, 0.5) is 0 Å². The predicted molar refractivity (Wildman–Crippen MR) is 51.2 cm³/mol. The van der Waals surface area contributed by atoms with Crippen LogP contribution in [0.25, 0.3) is 0 Å². The van der Waals surface area contributed by atoms with Crippen molar-refractivity contribution in [2.45, 2.75) is 31.2 Å². The fourth-order valence-corrected chi connectivity index (χ4v) is 2.27. The Balaban J connectivity index is 1.63. The van der Waals surface area contributed by atoms with Gasteiger partial charge in [0.05, 0.1) is 0 Å². The first kappa shape index (κ1) is 8.52. The molecule has 2 heteroatoms. The van der Waals surface area contributed by atoms with E-state index in [1.54, 1.807) is 0 Å². The number of nitrogens with one attached hydrogen (secondary N) is 1. The SMILES string of the molecule is CNC1(CCC2CN(C)C2)CC1. The molecular weight excluding hydrogens is 148 g/mol. The average molecular weight is 168 g/mol. The quantitative estimate of drug-likeness (QED) is 0.676. The summed E-state index contributed by atoms with van der Waals surface area (Å²) in [7, 11) is 4.32. The summed E-state index contributed by atoms with van der Waals surface area (Å²) in [5.41, 5.74) is 0.578. The van der Waals surface area contributed by atoms with Crippen LogP contribution >= 0.6 is 0 Å². The van der Waals surface area contributed by atoms with Gasteiger partial charge in [-0.3, -0.25) is 0 Å². The molecule has 0 spiro atoms. The third-order valence-corrected chi connectivity index (χ3v) is 3.55. The normalized spacial score (nSPS) is 28.5. The second-order valence-electron chi connectivity index (χ2n) is 4.66. The number of likely N-dealkylation sites (tertiary alicyclic amines) is 1. The fourth-order valence-electron chi connectivity index (χ4n) is 2.27. The Morgan fingerprint density at radius 2 is 2.08 bits per heavy atom. The lowest BCUT2D eigenvalue weighted by Gasteiger charge is -2.37. The first-order chi connectivity index (χ1) is 5.74. The van der Waals surface area contributed by atoms with Gasteiger partial charge in [-0.1, -0.05) is 0 Å². The van der Waals surface area contributed by atoms with E-state index in [9.17, 15) is 0 Å². The van der Waals surface area contributed by atoms with Crippen LogP contribution in [0.2, 0.25) is 0 Å². The van der Waals surface area contributed by atoms with E-state index in [2.05, 4.69) is 24.3 Å². The summed E-state index contributed by atoms with van der Waals surface area (Å²) in [5, 5.41) is 3.45. The van der Waals surface area contributed by atoms with E-state index >= 15 is 0 Å². The summed E-state index contributed by atoms with van der Waals surface area (Å²) in [6, 6.07) is 0. The minimum Gasteiger partial charge on any atom is -0.314 e. The summed E-state index contributed by atoms with van der Waals surface area (Å²) in [6.45, 7) is 2.67. The highest BCUT2D eigenvalue weighted by molar-refractivity contribution is 5.01. The Morgan fingerprint density at radius 3 is 2.50 bits per heavy atom. The summed E-state index contributed by atoms with van der Waals surface area (Å²) in [4.78, 5) is 2.41. The molecule has 0 radical (unpaired) electrons. The molecule has 1 saturated heterocycles. The largest absolute Gasteiger partial charge is 0.314 e. The van der Waals surface area contributed by atoms with Crippen molar-refractivity contribution in [3.8, 4) is 0 Å². The van der Waals surface area contributed by atoms with Gasteiger partial charge in [0.1, 0.15) is 0 Å². The second-order valence-corrected chi connectivity index (χ2v) is 4.66. The number of hydrogen-bond acceptors (Lipinski definition) is 2. The molecule has 0 aromatic carbocycles. The van der Waals surface area contributed by atoms with E-state index in [1.165, 1.54) is 38.8 Å². The highest BCUT2D eigenvalue weighted by atomic mass is 15.2. The van der Waals surface area contributed by atoms with E-state index in [0.717, 1.165) is 5.92 Å². The highest BCUT2D eigenvalue weighted by Crippen LogP contribution is 2.40. The molecule has 0 unspecified atom stereocenters. The van der Waals surface area contributed by atoms with Crippen LogP contribution in [-0.2, 0) is 0 Å². The van der Waals surface area contributed by atoms with Crippen LogP contribution in [0.3, 0.4) is 0 Å². The van der Waals surface area contributed by atoms with Crippen LogP contribution in [-0.4, -0.2) is 37.6 Å². The first-order valence-electron chi connectivity index (χ1n) is 5.12. The monoisotopic (exact) mass is 168 g/mol. The molecule has 0 aromatic rings. The molecule has 0 atom stereocenters. The zero-order valence-electron chi connectivity index (χ0n) is 8.27. The minimum absolute atomic E-state index is 0.578. The van der Waals surface area contributed by atoms with Crippen molar-refractivity contribution in [3.05, 3.63) is 0 Å². The Kier molecular flexibility index (Phi) is 2.13. The summed E-state index contributed by atoms with van der Waals surface area (Å²) < 4.78 is 0. The van der Waals surface area contributed by atoms with E-state index < -0.39 is 0 Å². The van der Waals surface area contributed by atoms with Crippen LogP contribution in [0.1, 0.15) is 25.7 Å². The highest BCUT2D eigenvalue weighted by Gasteiger charge is 2.41. The third-order valence-electron chi connectivity index (χ3n) is 3.55. The predicted octanol–water partition coefficient (Wildman–Crippen LogP) is 1.08. The van der Waals surface area contributed by atoms with Gasteiger partial charge < -0.3 is 10.2 Å². The molecule has 1 aliphatic carbocycles.